The molecule has 0 spiro atoms. The first kappa shape index (κ1) is 18.7. The fourth-order valence-electron chi connectivity index (χ4n) is 2.67. The molecule has 0 radical (unpaired) electrons. The first-order valence-corrected chi connectivity index (χ1v) is 7.41. The normalized spacial score (nSPS) is 21.2. The van der Waals surface area contributed by atoms with Crippen LogP contribution in [0.15, 0.2) is 24.3 Å². The molecule has 1 amide bonds. The Bertz CT molecular complexity index is 498. The van der Waals surface area contributed by atoms with Gasteiger partial charge in [0.2, 0.25) is 5.91 Å². The minimum absolute atomic E-state index is 0. The summed E-state index contributed by atoms with van der Waals surface area (Å²) in [6.07, 6.45) is 1.61. The van der Waals surface area contributed by atoms with Gasteiger partial charge in [0.15, 0.2) is 0 Å². The van der Waals surface area contributed by atoms with Crippen LogP contribution in [0.3, 0.4) is 0 Å². The number of amides is 1. The van der Waals surface area contributed by atoms with Crippen molar-refractivity contribution in [1.82, 2.24) is 4.90 Å². The predicted octanol–water partition coefficient (Wildman–Crippen LogP) is 2.12. The molecule has 0 saturated carbocycles. The van der Waals surface area contributed by atoms with E-state index >= 15 is 0 Å². The molecule has 0 bridgehead atoms. The van der Waals surface area contributed by atoms with Crippen molar-refractivity contribution in [3.8, 4) is 5.75 Å². The number of benzene rings is 1. The van der Waals surface area contributed by atoms with Crippen LogP contribution in [-0.4, -0.2) is 44.1 Å². The number of nitrogens with zero attached hydrogens (tertiary/aromatic N) is 1. The van der Waals surface area contributed by atoms with E-state index in [1.165, 1.54) is 0 Å². The zero-order chi connectivity index (χ0) is 15.3. The van der Waals surface area contributed by atoms with Gasteiger partial charge in [-0.15, -0.1) is 12.4 Å². The molecule has 1 aliphatic heterocycles. The van der Waals surface area contributed by atoms with Gasteiger partial charge < -0.3 is 20.7 Å². The summed E-state index contributed by atoms with van der Waals surface area (Å²) in [5.41, 5.74) is 6.78. The molecule has 1 aromatic rings. The van der Waals surface area contributed by atoms with E-state index in [1.807, 2.05) is 24.3 Å². The first-order chi connectivity index (χ1) is 10.0. The molecule has 1 aliphatic rings. The molecule has 3 N–H and O–H groups in total. The number of nitrogens with one attached hydrogen (secondary N) is 1. The van der Waals surface area contributed by atoms with Crippen molar-refractivity contribution in [2.75, 3.05) is 38.6 Å². The number of rotatable bonds is 6. The number of halogens is 1. The second-order valence-corrected chi connectivity index (χ2v) is 6.07. The highest BCUT2D eigenvalue weighted by Crippen LogP contribution is 2.28. The lowest BCUT2D eigenvalue weighted by Crippen LogP contribution is -2.32. The maximum atomic E-state index is 12.0. The van der Waals surface area contributed by atoms with E-state index in [2.05, 4.69) is 17.1 Å². The van der Waals surface area contributed by atoms with Gasteiger partial charge in [-0.3, -0.25) is 4.79 Å². The molecule has 1 saturated heterocycles. The first-order valence-electron chi connectivity index (χ1n) is 7.41. The van der Waals surface area contributed by atoms with Crippen molar-refractivity contribution >= 4 is 24.0 Å². The monoisotopic (exact) mass is 327 g/mol. The molecule has 124 valence electrons. The Morgan fingerprint density at radius 3 is 2.91 bits per heavy atom. The maximum Gasteiger partial charge on any atom is 0.225 e. The van der Waals surface area contributed by atoms with Crippen LogP contribution < -0.4 is 15.8 Å². The topological polar surface area (TPSA) is 67.6 Å². The Hall–Kier alpha value is -1.30. The van der Waals surface area contributed by atoms with Crippen molar-refractivity contribution < 1.29 is 9.53 Å². The molecule has 22 heavy (non-hydrogen) atoms. The summed E-state index contributed by atoms with van der Waals surface area (Å²) in [7, 11) is 1.61. The maximum absolute atomic E-state index is 12.0. The highest BCUT2D eigenvalue weighted by atomic mass is 35.5. The quantitative estimate of drug-likeness (QED) is 0.840. The van der Waals surface area contributed by atoms with Crippen LogP contribution in [0, 0.1) is 5.41 Å². The second-order valence-electron chi connectivity index (χ2n) is 6.07. The Morgan fingerprint density at radius 1 is 1.50 bits per heavy atom. The molecular formula is C16H26ClN3O2. The van der Waals surface area contributed by atoms with Gasteiger partial charge in [0.05, 0.1) is 7.11 Å². The van der Waals surface area contributed by atoms with Gasteiger partial charge >= 0.3 is 0 Å². The Balaban J connectivity index is 0.00000242. The van der Waals surface area contributed by atoms with Gasteiger partial charge in [0.25, 0.3) is 0 Å². The third kappa shape index (κ3) is 5.16. The Morgan fingerprint density at radius 2 is 2.27 bits per heavy atom. The highest BCUT2D eigenvalue weighted by molar-refractivity contribution is 5.91. The molecule has 1 aromatic carbocycles. The molecule has 5 nitrogen and oxygen atoms in total. The molecule has 1 heterocycles. The van der Waals surface area contributed by atoms with Crippen LogP contribution in [0.1, 0.15) is 19.8 Å². The average molecular weight is 328 g/mol. The molecule has 6 heteroatoms. The third-order valence-electron chi connectivity index (χ3n) is 4.14. The van der Waals surface area contributed by atoms with Crippen molar-refractivity contribution in [2.24, 2.45) is 11.1 Å². The summed E-state index contributed by atoms with van der Waals surface area (Å²) in [5.74, 6) is 0.774. The average Bonchev–Trinajstić information content (AvgIpc) is 2.88. The molecular weight excluding hydrogens is 302 g/mol. The van der Waals surface area contributed by atoms with E-state index < -0.39 is 0 Å². The van der Waals surface area contributed by atoms with Crippen molar-refractivity contribution in [1.29, 1.82) is 0 Å². The minimum atomic E-state index is 0. The Labute approximate surface area is 138 Å². The number of carbonyl (C=O) groups excluding carboxylic acids is 1. The standard InChI is InChI=1S/C16H25N3O2.ClH/c1-16(11-17)7-9-19(12-16)8-6-15(20)18-13-4-3-5-14(10-13)21-2;/h3-5,10H,6-9,11-12,17H2,1-2H3,(H,18,20);1H. The smallest absolute Gasteiger partial charge is 0.225 e. The summed E-state index contributed by atoms with van der Waals surface area (Å²) in [4.78, 5) is 14.3. The van der Waals surface area contributed by atoms with Gasteiger partial charge in [0.1, 0.15) is 5.75 Å². The lowest BCUT2D eigenvalue weighted by Gasteiger charge is -2.22. The summed E-state index contributed by atoms with van der Waals surface area (Å²) < 4.78 is 5.14. The number of ether oxygens (including phenoxy) is 1. The molecule has 1 atom stereocenters. The Kier molecular flexibility index (Phi) is 7.13. The van der Waals surface area contributed by atoms with Crippen molar-refractivity contribution in [3.63, 3.8) is 0 Å². The van der Waals surface area contributed by atoms with Gasteiger partial charge in [-0.1, -0.05) is 13.0 Å². The van der Waals surface area contributed by atoms with Gasteiger partial charge in [0, 0.05) is 31.3 Å². The van der Waals surface area contributed by atoms with E-state index in [0.29, 0.717) is 13.0 Å². The fourth-order valence-corrected chi connectivity index (χ4v) is 2.67. The largest absolute Gasteiger partial charge is 0.497 e. The molecule has 1 fully saturated rings. The molecule has 0 aromatic heterocycles. The molecule has 1 unspecified atom stereocenters. The number of nitrogens with two attached hydrogens (primary N) is 1. The second kappa shape index (κ2) is 8.36. The van der Waals surface area contributed by atoms with Gasteiger partial charge in [-0.25, -0.2) is 0 Å². The van der Waals surface area contributed by atoms with Crippen LogP contribution in [0.4, 0.5) is 5.69 Å². The van der Waals surface area contributed by atoms with E-state index in [1.54, 1.807) is 7.11 Å². The van der Waals surface area contributed by atoms with Crippen LogP contribution in [0.2, 0.25) is 0 Å². The fraction of sp³-hybridized carbons (Fsp3) is 0.562. The van der Waals surface area contributed by atoms with E-state index in [0.717, 1.165) is 37.5 Å². The lowest BCUT2D eigenvalue weighted by molar-refractivity contribution is -0.116. The predicted molar refractivity (Wildman–Crippen MR) is 91.7 cm³/mol. The highest BCUT2D eigenvalue weighted by Gasteiger charge is 2.32. The number of hydrogen-bond donors (Lipinski definition) is 2. The molecule has 2 rings (SSSR count). The lowest BCUT2D eigenvalue weighted by atomic mass is 9.90. The molecule has 0 aliphatic carbocycles. The van der Waals surface area contributed by atoms with Gasteiger partial charge in [-0.05, 0) is 37.1 Å². The third-order valence-corrected chi connectivity index (χ3v) is 4.14. The van der Waals surface area contributed by atoms with Crippen molar-refractivity contribution in [3.05, 3.63) is 24.3 Å². The van der Waals surface area contributed by atoms with Crippen molar-refractivity contribution in [2.45, 2.75) is 19.8 Å². The summed E-state index contributed by atoms with van der Waals surface area (Å²) in [6, 6.07) is 7.40. The van der Waals surface area contributed by atoms with Crippen LogP contribution >= 0.6 is 12.4 Å². The van der Waals surface area contributed by atoms with Crippen LogP contribution in [0.5, 0.6) is 5.75 Å². The zero-order valence-corrected chi connectivity index (χ0v) is 14.1. The number of anilines is 1. The van der Waals surface area contributed by atoms with E-state index in [-0.39, 0.29) is 23.7 Å². The van der Waals surface area contributed by atoms with Crippen LogP contribution in [-0.2, 0) is 4.79 Å². The van der Waals surface area contributed by atoms with Crippen LogP contribution in [0.25, 0.3) is 0 Å². The number of carbonyl (C=O) groups is 1. The minimum Gasteiger partial charge on any atom is -0.497 e. The van der Waals surface area contributed by atoms with Gasteiger partial charge in [-0.2, -0.15) is 0 Å². The summed E-state index contributed by atoms with van der Waals surface area (Å²) in [6.45, 7) is 5.71. The SMILES string of the molecule is COc1cccc(NC(=O)CCN2CCC(C)(CN)C2)c1.Cl. The number of likely N-dealkylation sites (tertiary alicyclic amines) is 1. The zero-order valence-electron chi connectivity index (χ0n) is 13.3. The van der Waals surface area contributed by atoms with E-state index in [4.69, 9.17) is 10.5 Å². The summed E-state index contributed by atoms with van der Waals surface area (Å²) in [5, 5.41) is 2.91. The summed E-state index contributed by atoms with van der Waals surface area (Å²) >= 11 is 0. The number of methoxy groups -OCH3 is 1. The van der Waals surface area contributed by atoms with E-state index in [9.17, 15) is 4.79 Å². The number of hydrogen-bond acceptors (Lipinski definition) is 4.